The molecule has 1 aliphatic rings. The zero-order chi connectivity index (χ0) is 23.0. The van der Waals surface area contributed by atoms with Crippen molar-refractivity contribution in [2.75, 3.05) is 29.1 Å². The van der Waals surface area contributed by atoms with Crippen molar-refractivity contribution in [3.63, 3.8) is 0 Å². The Morgan fingerprint density at radius 2 is 1.48 bits per heavy atom. The highest BCUT2D eigenvalue weighted by Gasteiger charge is 2.24. The summed E-state index contributed by atoms with van der Waals surface area (Å²) in [6.07, 6.45) is 3.67. The van der Waals surface area contributed by atoms with Gasteiger partial charge in [0.05, 0.1) is 0 Å². The summed E-state index contributed by atoms with van der Waals surface area (Å²) in [6, 6.07) is 16.7. The van der Waals surface area contributed by atoms with Crippen molar-refractivity contribution in [3.8, 4) is 0 Å². The normalized spacial score (nSPS) is 14.8. The van der Waals surface area contributed by atoms with E-state index in [1.54, 1.807) is 24.3 Å². The van der Waals surface area contributed by atoms with E-state index in [0.717, 1.165) is 23.7 Å². The third-order valence-electron chi connectivity index (χ3n) is 5.26. The lowest BCUT2D eigenvalue weighted by Crippen LogP contribution is -2.39. The predicted octanol–water partition coefficient (Wildman–Crippen LogP) is 5.72. The fourth-order valence-electron chi connectivity index (χ4n) is 3.58. The van der Waals surface area contributed by atoms with Gasteiger partial charge in [0.1, 0.15) is 6.04 Å². The van der Waals surface area contributed by atoms with Crippen LogP contribution in [0.4, 0.5) is 21.9 Å². The highest BCUT2D eigenvalue weighted by atomic mass is 35.5. The quantitative estimate of drug-likeness (QED) is 0.346. The molecule has 172 valence electrons. The molecular weight excluding hydrogens is 458 g/mol. The van der Waals surface area contributed by atoms with E-state index in [2.05, 4.69) is 26.4 Å². The molecule has 1 aromatic heterocycles. The number of amides is 3. The summed E-state index contributed by atoms with van der Waals surface area (Å²) in [4.78, 5) is 26.3. The maximum atomic E-state index is 13.1. The van der Waals surface area contributed by atoms with Gasteiger partial charge in [-0.15, -0.1) is 11.3 Å². The summed E-state index contributed by atoms with van der Waals surface area (Å²) in [5.74, 6) is -0.319. The minimum Gasteiger partial charge on any atom is -0.324 e. The van der Waals surface area contributed by atoms with E-state index in [1.807, 2.05) is 41.8 Å². The highest BCUT2D eigenvalue weighted by molar-refractivity contribution is 7.10. The zero-order valence-corrected chi connectivity index (χ0v) is 19.6. The summed E-state index contributed by atoms with van der Waals surface area (Å²) in [7, 11) is 0. The molecule has 3 aromatic rings. The molecule has 9 heteroatoms. The van der Waals surface area contributed by atoms with Crippen LogP contribution in [0.25, 0.3) is 0 Å². The van der Waals surface area contributed by atoms with Gasteiger partial charge in [-0.3, -0.25) is 4.79 Å². The molecule has 1 atom stereocenters. The van der Waals surface area contributed by atoms with Crippen LogP contribution in [-0.4, -0.2) is 30.0 Å². The first kappa shape index (κ1) is 23.1. The van der Waals surface area contributed by atoms with Crippen LogP contribution in [0.15, 0.2) is 66.0 Å². The molecule has 0 radical (unpaired) electrons. The molecule has 1 saturated heterocycles. The van der Waals surface area contributed by atoms with E-state index >= 15 is 0 Å². The number of nitrogens with zero attached hydrogens (tertiary/aromatic N) is 1. The van der Waals surface area contributed by atoms with Crippen LogP contribution in [0.3, 0.4) is 0 Å². The number of thiophene rings is 1. The minimum atomic E-state index is -0.830. The Morgan fingerprint density at radius 1 is 0.848 bits per heavy atom. The van der Waals surface area contributed by atoms with Gasteiger partial charge < -0.3 is 21.4 Å². The number of hydrogen-bond acceptors (Lipinski definition) is 5. The summed E-state index contributed by atoms with van der Waals surface area (Å²) in [6.45, 7) is 2.06. The molecule has 1 aliphatic heterocycles. The number of hydrogen-bond donors (Lipinski definition) is 4. The molecule has 4 rings (SSSR count). The van der Waals surface area contributed by atoms with E-state index in [9.17, 15) is 9.59 Å². The molecule has 0 aliphatic carbocycles. The number of benzene rings is 2. The van der Waals surface area contributed by atoms with Gasteiger partial charge in [0, 0.05) is 40.1 Å². The van der Waals surface area contributed by atoms with E-state index in [1.165, 1.54) is 30.6 Å². The maximum Gasteiger partial charge on any atom is 0.320 e. The first-order valence-corrected chi connectivity index (χ1v) is 12.1. The lowest BCUT2D eigenvalue weighted by atomic mass is 10.2. The molecule has 2 heterocycles. The second-order valence-electron chi connectivity index (χ2n) is 7.78. The average molecular weight is 484 g/mol. The van der Waals surface area contributed by atoms with Crippen molar-refractivity contribution in [1.82, 2.24) is 10.3 Å². The molecule has 1 fully saturated rings. The lowest BCUT2D eigenvalue weighted by molar-refractivity contribution is -0.118. The fraction of sp³-hybridized carbons (Fsp3) is 0.250. The maximum absolute atomic E-state index is 13.1. The fourth-order valence-corrected chi connectivity index (χ4v) is 4.48. The SMILES string of the molecule is O=C(Nc1ccc(Cl)cc1)NC(C(=O)Nc1ccc(NN2CCCCC2)cc1)c1cccs1. The molecule has 0 saturated carbocycles. The molecule has 1 unspecified atom stereocenters. The van der Waals surface area contributed by atoms with E-state index in [0.29, 0.717) is 16.4 Å². The van der Waals surface area contributed by atoms with Gasteiger partial charge in [0.25, 0.3) is 5.91 Å². The topological polar surface area (TPSA) is 85.5 Å². The Labute approximate surface area is 202 Å². The molecular formula is C24H26ClN5O2S. The number of nitrogens with one attached hydrogen (secondary N) is 4. The standard InChI is InChI=1S/C24H26ClN5O2S/c25-17-6-8-19(9-7-17)27-24(32)28-22(21-5-4-16-33-21)23(31)26-18-10-12-20(13-11-18)29-30-14-2-1-3-15-30/h4-13,16,22,29H,1-3,14-15H2,(H,26,31)(H2,27,28,32). The Kier molecular flexibility index (Phi) is 7.83. The third-order valence-corrected chi connectivity index (χ3v) is 6.45. The van der Waals surface area contributed by atoms with Gasteiger partial charge in [-0.2, -0.15) is 0 Å². The van der Waals surface area contributed by atoms with Crippen LogP contribution in [0, 0.1) is 0 Å². The van der Waals surface area contributed by atoms with Crippen LogP contribution in [-0.2, 0) is 4.79 Å². The Morgan fingerprint density at radius 3 is 2.15 bits per heavy atom. The monoisotopic (exact) mass is 483 g/mol. The summed E-state index contributed by atoms with van der Waals surface area (Å²) >= 11 is 7.30. The van der Waals surface area contributed by atoms with Crippen molar-refractivity contribution in [3.05, 3.63) is 75.9 Å². The summed E-state index contributed by atoms with van der Waals surface area (Å²) in [5.41, 5.74) is 5.63. The van der Waals surface area contributed by atoms with E-state index < -0.39 is 12.1 Å². The number of rotatable bonds is 7. The average Bonchev–Trinajstić information content (AvgIpc) is 3.35. The zero-order valence-electron chi connectivity index (χ0n) is 18.0. The third kappa shape index (κ3) is 6.71. The number of piperidine rings is 1. The van der Waals surface area contributed by atoms with Crippen molar-refractivity contribution in [2.24, 2.45) is 0 Å². The van der Waals surface area contributed by atoms with Crippen molar-refractivity contribution < 1.29 is 9.59 Å². The van der Waals surface area contributed by atoms with E-state index in [-0.39, 0.29) is 5.91 Å². The van der Waals surface area contributed by atoms with Gasteiger partial charge in [0.2, 0.25) is 0 Å². The minimum absolute atomic E-state index is 0.319. The number of halogens is 1. The Bertz CT molecular complexity index is 1050. The van der Waals surface area contributed by atoms with Gasteiger partial charge in [0.15, 0.2) is 0 Å². The molecule has 3 amide bonds. The van der Waals surface area contributed by atoms with Crippen LogP contribution in [0.2, 0.25) is 5.02 Å². The van der Waals surface area contributed by atoms with Crippen LogP contribution >= 0.6 is 22.9 Å². The smallest absolute Gasteiger partial charge is 0.320 e. The predicted molar refractivity (Wildman–Crippen MR) is 135 cm³/mol. The van der Waals surface area contributed by atoms with Gasteiger partial charge in [-0.25, -0.2) is 9.80 Å². The van der Waals surface area contributed by atoms with Crippen LogP contribution < -0.4 is 21.4 Å². The molecule has 7 nitrogen and oxygen atoms in total. The van der Waals surface area contributed by atoms with Gasteiger partial charge in [-0.1, -0.05) is 24.1 Å². The largest absolute Gasteiger partial charge is 0.324 e. The van der Waals surface area contributed by atoms with Crippen molar-refractivity contribution in [1.29, 1.82) is 0 Å². The van der Waals surface area contributed by atoms with Crippen molar-refractivity contribution in [2.45, 2.75) is 25.3 Å². The second kappa shape index (κ2) is 11.2. The van der Waals surface area contributed by atoms with Crippen LogP contribution in [0.1, 0.15) is 30.2 Å². The highest BCUT2D eigenvalue weighted by Crippen LogP contribution is 2.23. The number of urea groups is 1. The molecule has 0 bridgehead atoms. The van der Waals surface area contributed by atoms with E-state index in [4.69, 9.17) is 11.6 Å². The second-order valence-corrected chi connectivity index (χ2v) is 9.20. The lowest BCUT2D eigenvalue weighted by Gasteiger charge is -2.27. The molecule has 33 heavy (non-hydrogen) atoms. The Balaban J connectivity index is 1.38. The first-order chi connectivity index (χ1) is 16.1. The first-order valence-electron chi connectivity index (χ1n) is 10.9. The number of carbonyl (C=O) groups is 2. The molecule has 4 N–H and O–H groups in total. The van der Waals surface area contributed by atoms with Gasteiger partial charge >= 0.3 is 6.03 Å². The molecule has 2 aromatic carbocycles. The summed E-state index contributed by atoms with van der Waals surface area (Å²) < 4.78 is 0. The Hall–Kier alpha value is -3.07. The van der Waals surface area contributed by atoms with Crippen LogP contribution in [0.5, 0.6) is 0 Å². The number of carbonyl (C=O) groups excluding carboxylic acids is 2. The summed E-state index contributed by atoms with van der Waals surface area (Å²) in [5, 5.41) is 13.1. The number of hydrazine groups is 1. The van der Waals surface area contributed by atoms with Gasteiger partial charge in [-0.05, 0) is 72.8 Å². The molecule has 0 spiro atoms. The van der Waals surface area contributed by atoms with Crippen molar-refractivity contribution >= 4 is 51.9 Å². The number of anilines is 3.